The van der Waals surface area contributed by atoms with E-state index in [2.05, 4.69) is 60.9 Å². The molecule has 3 saturated carbocycles. The van der Waals surface area contributed by atoms with Crippen molar-refractivity contribution in [2.75, 3.05) is 26.7 Å². The molecule has 5 fully saturated rings. The molecule has 220 valence electrons. The predicted molar refractivity (Wildman–Crippen MR) is 154 cm³/mol. The Morgan fingerprint density at radius 2 is 1.87 bits per heavy atom. The van der Waals surface area contributed by atoms with Crippen LogP contribution in [0.15, 0.2) is 4.99 Å². The van der Waals surface area contributed by atoms with Crippen molar-refractivity contribution in [3.63, 3.8) is 0 Å². The maximum Gasteiger partial charge on any atom is 0.481 e. The van der Waals surface area contributed by atoms with Gasteiger partial charge in [0.25, 0.3) is 0 Å². The summed E-state index contributed by atoms with van der Waals surface area (Å²) in [6, 6.07) is -0.644. The van der Waals surface area contributed by atoms with Crippen LogP contribution in [0.1, 0.15) is 79.6 Å². The molecule has 39 heavy (non-hydrogen) atoms. The second-order valence-electron chi connectivity index (χ2n) is 13.3. The zero-order valence-electron chi connectivity index (χ0n) is 24.8. The van der Waals surface area contributed by atoms with Crippen LogP contribution >= 0.6 is 0 Å². The largest absolute Gasteiger partial charge is 0.481 e. The SMILES string of the molecule is CN=C(N)NCCC[C@H](NC(=O)C1CCNCC1)C(=O)N[C@@H](CC(C)C)B1O[C@@H]2C[C@@H]3C[C@@H](C3(C)C)[C@]2(C)O1. The van der Waals surface area contributed by atoms with Gasteiger partial charge in [-0.2, -0.15) is 0 Å². The van der Waals surface area contributed by atoms with Gasteiger partial charge in [0.1, 0.15) is 6.04 Å². The molecule has 2 bridgehead atoms. The first kappa shape index (κ1) is 30.1. The maximum atomic E-state index is 13.7. The summed E-state index contributed by atoms with van der Waals surface area (Å²) in [5, 5.41) is 12.7. The Bertz CT molecular complexity index is 910. The Balaban J connectivity index is 1.43. The lowest BCUT2D eigenvalue weighted by Gasteiger charge is -2.64. The third-order valence-corrected chi connectivity index (χ3v) is 9.91. The molecule has 5 aliphatic rings. The topological polar surface area (TPSA) is 139 Å². The van der Waals surface area contributed by atoms with Gasteiger partial charge >= 0.3 is 7.12 Å². The first-order valence-corrected chi connectivity index (χ1v) is 15.1. The fraction of sp³-hybridized carbons (Fsp3) is 0.893. The van der Waals surface area contributed by atoms with Crippen molar-refractivity contribution >= 4 is 24.9 Å². The standard InChI is InChI=1S/C28H51BN6O4/c1-17(2)14-23(29-38-22-16-19-15-21(27(19,3)4)28(22,5)39-29)35-25(37)20(8-7-11-33-26(30)31-6)34-24(36)18-9-12-32-13-10-18/h17-23,32H,7-16H2,1-6H3,(H,34,36)(H,35,37)(H3,30,31,33)/t19-,20-,21-,22+,23-,28-/m0/s1. The number of hydrogen-bond donors (Lipinski definition) is 5. The van der Waals surface area contributed by atoms with Crippen molar-refractivity contribution in [2.24, 2.45) is 39.8 Å². The van der Waals surface area contributed by atoms with Crippen LogP contribution in [0, 0.1) is 29.1 Å². The van der Waals surface area contributed by atoms with Gasteiger partial charge in [-0.25, -0.2) is 0 Å². The van der Waals surface area contributed by atoms with Gasteiger partial charge in [0.05, 0.1) is 17.6 Å². The number of carbonyl (C=O) groups is 2. The highest BCUT2D eigenvalue weighted by atomic mass is 16.7. The van der Waals surface area contributed by atoms with Gasteiger partial charge in [0, 0.05) is 19.5 Å². The number of aliphatic imine (C=N–C) groups is 1. The number of guanidine groups is 1. The summed E-state index contributed by atoms with van der Waals surface area (Å²) in [5.41, 5.74) is 5.67. The first-order valence-electron chi connectivity index (χ1n) is 15.1. The van der Waals surface area contributed by atoms with Crippen molar-refractivity contribution in [3.8, 4) is 0 Å². The Kier molecular flexibility index (Phi) is 9.54. The number of carbonyl (C=O) groups excluding carboxylic acids is 2. The average Bonchev–Trinajstić information content (AvgIpc) is 3.27. The minimum atomic E-state index is -0.644. The Hall–Kier alpha value is -1.85. The zero-order chi connectivity index (χ0) is 28.4. The molecular weight excluding hydrogens is 495 g/mol. The van der Waals surface area contributed by atoms with Crippen LogP contribution in [0.3, 0.4) is 0 Å². The van der Waals surface area contributed by atoms with E-state index >= 15 is 0 Å². The first-order chi connectivity index (χ1) is 18.5. The van der Waals surface area contributed by atoms with Crippen LogP contribution in [0.2, 0.25) is 0 Å². The predicted octanol–water partition coefficient (Wildman–Crippen LogP) is 1.58. The van der Waals surface area contributed by atoms with E-state index in [1.165, 1.54) is 6.42 Å². The summed E-state index contributed by atoms with van der Waals surface area (Å²) in [6.45, 7) is 13.4. The third-order valence-electron chi connectivity index (χ3n) is 9.91. The molecule has 6 N–H and O–H groups in total. The molecule has 0 spiro atoms. The lowest BCUT2D eigenvalue weighted by molar-refractivity contribution is -0.199. The number of nitrogens with one attached hydrogen (secondary N) is 4. The van der Waals surface area contributed by atoms with E-state index in [0.717, 1.165) is 38.8 Å². The van der Waals surface area contributed by atoms with Crippen molar-refractivity contribution in [1.29, 1.82) is 0 Å². The molecule has 5 rings (SSSR count). The Labute approximate surface area is 234 Å². The highest BCUT2D eigenvalue weighted by molar-refractivity contribution is 6.48. The molecule has 2 aliphatic heterocycles. The van der Waals surface area contributed by atoms with Crippen LogP contribution in [0.4, 0.5) is 0 Å². The number of nitrogens with two attached hydrogens (primary N) is 1. The van der Waals surface area contributed by atoms with Crippen molar-refractivity contribution < 1.29 is 18.9 Å². The van der Waals surface area contributed by atoms with E-state index in [1.807, 2.05) is 0 Å². The molecule has 0 aromatic heterocycles. The van der Waals surface area contributed by atoms with Gasteiger partial charge in [-0.1, -0.05) is 27.7 Å². The van der Waals surface area contributed by atoms with E-state index in [-0.39, 0.29) is 40.8 Å². The van der Waals surface area contributed by atoms with E-state index in [4.69, 9.17) is 15.0 Å². The summed E-state index contributed by atoms with van der Waals surface area (Å²) in [4.78, 5) is 30.8. The van der Waals surface area contributed by atoms with Crippen LogP contribution in [0.25, 0.3) is 0 Å². The zero-order valence-corrected chi connectivity index (χ0v) is 24.8. The minimum absolute atomic E-state index is 0.0476. The van der Waals surface area contributed by atoms with Gasteiger partial charge in [-0.3, -0.25) is 14.6 Å². The number of rotatable bonds is 11. The van der Waals surface area contributed by atoms with Crippen LogP contribution in [0.5, 0.6) is 0 Å². The highest BCUT2D eigenvalue weighted by Crippen LogP contribution is 2.65. The van der Waals surface area contributed by atoms with E-state index in [1.54, 1.807) is 7.05 Å². The molecule has 0 aromatic rings. The Morgan fingerprint density at radius 3 is 2.51 bits per heavy atom. The van der Waals surface area contributed by atoms with Gasteiger partial charge in [-0.05, 0) is 88.1 Å². The fourth-order valence-corrected chi connectivity index (χ4v) is 7.34. The molecule has 0 aromatic carbocycles. The Morgan fingerprint density at radius 1 is 1.15 bits per heavy atom. The van der Waals surface area contributed by atoms with Gasteiger partial charge in [0.15, 0.2) is 5.96 Å². The summed E-state index contributed by atoms with van der Waals surface area (Å²) in [6.07, 6.45) is 5.69. The normalized spacial score (nSPS) is 31.7. The quantitative estimate of drug-likeness (QED) is 0.115. The summed E-state index contributed by atoms with van der Waals surface area (Å²) in [7, 11) is 1.13. The minimum Gasteiger partial charge on any atom is -0.404 e. The van der Waals surface area contributed by atoms with E-state index < -0.39 is 13.2 Å². The third kappa shape index (κ3) is 6.56. The van der Waals surface area contributed by atoms with Gasteiger partial charge in [-0.15, -0.1) is 0 Å². The molecule has 0 radical (unpaired) electrons. The number of nitrogens with zero attached hydrogens (tertiary/aromatic N) is 1. The van der Waals surface area contributed by atoms with E-state index in [0.29, 0.717) is 43.1 Å². The van der Waals surface area contributed by atoms with E-state index in [9.17, 15) is 9.59 Å². The van der Waals surface area contributed by atoms with Gasteiger partial charge < -0.3 is 36.3 Å². The van der Waals surface area contributed by atoms with Crippen molar-refractivity contribution in [3.05, 3.63) is 0 Å². The van der Waals surface area contributed by atoms with Crippen LogP contribution in [-0.2, 0) is 18.9 Å². The number of amides is 2. The van der Waals surface area contributed by atoms with Crippen molar-refractivity contribution in [1.82, 2.24) is 21.3 Å². The summed E-state index contributed by atoms with van der Waals surface area (Å²) < 4.78 is 13.3. The molecule has 2 heterocycles. The molecule has 6 atom stereocenters. The second kappa shape index (κ2) is 12.3. The summed E-state index contributed by atoms with van der Waals surface area (Å²) >= 11 is 0. The average molecular weight is 547 g/mol. The molecule has 2 saturated heterocycles. The molecule has 2 amide bonds. The van der Waals surface area contributed by atoms with Crippen molar-refractivity contribution in [2.45, 2.75) is 103 Å². The molecule has 0 unspecified atom stereocenters. The number of hydrogen-bond acceptors (Lipinski definition) is 6. The monoisotopic (exact) mass is 546 g/mol. The highest BCUT2D eigenvalue weighted by Gasteiger charge is 2.68. The lowest BCUT2D eigenvalue weighted by atomic mass is 9.43. The fourth-order valence-electron chi connectivity index (χ4n) is 7.34. The summed E-state index contributed by atoms with van der Waals surface area (Å²) in [5.74, 6) is 1.22. The number of piperidine rings is 1. The smallest absolute Gasteiger partial charge is 0.404 e. The second-order valence-corrected chi connectivity index (χ2v) is 13.3. The maximum absolute atomic E-state index is 13.7. The molecular formula is C28H51BN6O4. The molecule has 10 nitrogen and oxygen atoms in total. The lowest BCUT2D eigenvalue weighted by Crippen LogP contribution is -2.65. The molecule has 11 heteroatoms. The van der Waals surface area contributed by atoms with Crippen LogP contribution in [-0.4, -0.2) is 75.3 Å². The van der Waals surface area contributed by atoms with Gasteiger partial charge in [0.2, 0.25) is 11.8 Å². The van der Waals surface area contributed by atoms with Crippen LogP contribution < -0.4 is 27.0 Å². The molecule has 3 aliphatic carbocycles.